The van der Waals surface area contributed by atoms with Crippen LogP contribution in [-0.2, 0) is 9.53 Å². The molecule has 9 nitrogen and oxygen atoms in total. The van der Waals surface area contributed by atoms with E-state index in [1.807, 2.05) is 19.9 Å². The van der Waals surface area contributed by atoms with E-state index in [2.05, 4.69) is 10.2 Å². The second kappa shape index (κ2) is 8.95. The van der Waals surface area contributed by atoms with Crippen molar-refractivity contribution >= 4 is 28.8 Å². The molecule has 0 bridgehead atoms. The van der Waals surface area contributed by atoms with Crippen LogP contribution in [0.3, 0.4) is 0 Å². The van der Waals surface area contributed by atoms with Gasteiger partial charge in [0.25, 0.3) is 11.6 Å². The minimum atomic E-state index is -0.794. The third-order valence-electron chi connectivity index (χ3n) is 4.32. The van der Waals surface area contributed by atoms with Crippen molar-refractivity contribution in [2.45, 2.75) is 39.7 Å². The number of rotatable bonds is 8. The molecule has 0 aliphatic heterocycles. The number of thiophene rings is 1. The highest BCUT2D eigenvalue weighted by Gasteiger charge is 2.21. The molecule has 0 amide bonds. The molecule has 1 aromatic carbocycles. The molecular formula is C20H19N3O6S. The molecule has 30 heavy (non-hydrogen) atoms. The summed E-state index contributed by atoms with van der Waals surface area (Å²) < 4.78 is 10.8. The molecule has 0 aliphatic rings. The summed E-state index contributed by atoms with van der Waals surface area (Å²) in [5.74, 6) is -0.399. The summed E-state index contributed by atoms with van der Waals surface area (Å²) in [5.41, 5.74) is 1.09. The summed E-state index contributed by atoms with van der Waals surface area (Å²) in [6.07, 6.45) is -0.793. The van der Waals surface area contributed by atoms with Gasteiger partial charge in [-0.3, -0.25) is 19.7 Å². The van der Waals surface area contributed by atoms with Gasteiger partial charge in [-0.05, 0) is 39.0 Å². The van der Waals surface area contributed by atoms with Crippen molar-refractivity contribution in [3.8, 4) is 11.5 Å². The molecule has 2 heterocycles. The van der Waals surface area contributed by atoms with Gasteiger partial charge in [0, 0.05) is 39.4 Å². The zero-order valence-electron chi connectivity index (χ0n) is 16.6. The first-order valence-electron chi connectivity index (χ1n) is 9.12. The number of ether oxygens (including phenoxy) is 1. The minimum absolute atomic E-state index is 0.0526. The lowest BCUT2D eigenvalue weighted by molar-refractivity contribution is -0.384. The van der Waals surface area contributed by atoms with Crippen LogP contribution < -0.4 is 0 Å². The Morgan fingerprint density at radius 3 is 2.50 bits per heavy atom. The smallest absolute Gasteiger partial charge is 0.307 e. The van der Waals surface area contributed by atoms with Crippen LogP contribution in [0.25, 0.3) is 11.5 Å². The van der Waals surface area contributed by atoms with Gasteiger partial charge in [0.05, 0.1) is 11.3 Å². The first kappa shape index (κ1) is 21.3. The zero-order valence-corrected chi connectivity index (χ0v) is 17.4. The van der Waals surface area contributed by atoms with E-state index in [0.29, 0.717) is 11.1 Å². The molecule has 0 aliphatic carbocycles. The van der Waals surface area contributed by atoms with Gasteiger partial charge in [-0.2, -0.15) is 0 Å². The lowest BCUT2D eigenvalue weighted by Crippen LogP contribution is -2.11. The van der Waals surface area contributed by atoms with Crippen LogP contribution in [-0.4, -0.2) is 26.9 Å². The highest BCUT2D eigenvalue weighted by molar-refractivity contribution is 7.12. The van der Waals surface area contributed by atoms with Gasteiger partial charge in [-0.15, -0.1) is 21.5 Å². The number of hydrogen-bond acceptors (Lipinski definition) is 9. The molecule has 0 fully saturated rings. The molecule has 156 valence electrons. The Bertz CT molecular complexity index is 1090. The minimum Gasteiger partial charge on any atom is -0.453 e. The fraction of sp³-hybridized carbons (Fsp3) is 0.300. The second-order valence-electron chi connectivity index (χ2n) is 6.63. The van der Waals surface area contributed by atoms with Gasteiger partial charge in [0.2, 0.25) is 5.89 Å². The van der Waals surface area contributed by atoms with E-state index < -0.39 is 17.0 Å². The van der Waals surface area contributed by atoms with Crippen LogP contribution in [0.15, 0.2) is 34.7 Å². The Balaban J connectivity index is 1.56. The molecule has 0 saturated heterocycles. The Morgan fingerprint density at radius 1 is 1.20 bits per heavy atom. The predicted octanol–water partition coefficient (Wildman–Crippen LogP) is 4.59. The lowest BCUT2D eigenvalue weighted by atomic mass is 10.1. The maximum absolute atomic E-state index is 12.3. The normalized spacial score (nSPS) is 11.8. The molecule has 1 atom stereocenters. The van der Waals surface area contributed by atoms with E-state index in [9.17, 15) is 19.7 Å². The zero-order chi connectivity index (χ0) is 21.8. The van der Waals surface area contributed by atoms with Crippen molar-refractivity contribution in [2.24, 2.45) is 0 Å². The third-order valence-corrected chi connectivity index (χ3v) is 5.29. The molecular weight excluding hydrogens is 410 g/mol. The molecule has 10 heteroatoms. The number of aryl methyl sites for hydroxylation is 2. The van der Waals surface area contributed by atoms with Crippen molar-refractivity contribution < 1.29 is 23.7 Å². The number of non-ortho nitro benzene ring substituents is 1. The highest BCUT2D eigenvalue weighted by Crippen LogP contribution is 2.25. The van der Waals surface area contributed by atoms with Gasteiger partial charge in [-0.1, -0.05) is 0 Å². The van der Waals surface area contributed by atoms with Crippen LogP contribution in [0.1, 0.15) is 51.9 Å². The van der Waals surface area contributed by atoms with Crippen molar-refractivity contribution in [2.75, 3.05) is 0 Å². The molecule has 0 radical (unpaired) electrons. The summed E-state index contributed by atoms with van der Waals surface area (Å²) in [7, 11) is 0. The standard InChI is InChI=1S/C20H19N3O6S/c1-11-10-16(13(3)30-11)17(24)8-9-18(25)28-12(2)19-21-22-20(29-19)14-4-6-15(7-5-14)23(26)27/h4-7,10,12H,8-9H2,1-3H3. The number of nitrogens with zero attached hydrogens (tertiary/aromatic N) is 3. The highest BCUT2D eigenvalue weighted by atomic mass is 32.1. The summed E-state index contributed by atoms with van der Waals surface area (Å²) in [4.78, 5) is 36.6. The summed E-state index contributed by atoms with van der Waals surface area (Å²) in [6.45, 7) is 5.39. The number of esters is 1. The van der Waals surface area contributed by atoms with Crippen molar-refractivity contribution in [3.05, 3.63) is 61.7 Å². The van der Waals surface area contributed by atoms with E-state index in [1.54, 1.807) is 18.3 Å². The summed E-state index contributed by atoms with van der Waals surface area (Å²) in [5, 5.41) is 18.5. The van der Waals surface area contributed by atoms with Crippen LogP contribution in [0.2, 0.25) is 0 Å². The number of aromatic nitrogens is 2. The second-order valence-corrected chi connectivity index (χ2v) is 8.09. The van der Waals surface area contributed by atoms with Gasteiger partial charge in [0.15, 0.2) is 11.9 Å². The predicted molar refractivity (Wildman–Crippen MR) is 108 cm³/mol. The number of ketones is 1. The molecule has 0 spiro atoms. The topological polar surface area (TPSA) is 125 Å². The van der Waals surface area contributed by atoms with Gasteiger partial charge in [0.1, 0.15) is 0 Å². The molecule has 0 saturated carbocycles. The number of nitro benzene ring substituents is 1. The first-order chi connectivity index (χ1) is 14.2. The maximum Gasteiger partial charge on any atom is 0.307 e. The van der Waals surface area contributed by atoms with Gasteiger partial charge < -0.3 is 9.15 Å². The largest absolute Gasteiger partial charge is 0.453 e. The van der Waals surface area contributed by atoms with E-state index in [0.717, 1.165) is 9.75 Å². The first-order valence-corrected chi connectivity index (χ1v) is 9.94. The van der Waals surface area contributed by atoms with E-state index >= 15 is 0 Å². The monoisotopic (exact) mass is 429 g/mol. The van der Waals surface area contributed by atoms with Gasteiger partial charge >= 0.3 is 5.97 Å². The van der Waals surface area contributed by atoms with Crippen LogP contribution in [0.5, 0.6) is 0 Å². The number of benzene rings is 1. The Kier molecular flexibility index (Phi) is 6.36. The third kappa shape index (κ3) is 4.95. The summed E-state index contributed by atoms with van der Waals surface area (Å²) >= 11 is 1.54. The number of Topliss-reactive ketones (excluding diaryl/α,β-unsaturated/α-hetero) is 1. The van der Waals surface area contributed by atoms with Crippen molar-refractivity contribution in [3.63, 3.8) is 0 Å². The quantitative estimate of drug-likeness (QED) is 0.220. The molecule has 3 aromatic rings. The Labute approximate surface area is 175 Å². The van der Waals surface area contributed by atoms with Crippen molar-refractivity contribution in [1.82, 2.24) is 10.2 Å². The average molecular weight is 429 g/mol. The maximum atomic E-state index is 12.3. The Morgan fingerprint density at radius 2 is 1.90 bits per heavy atom. The van der Waals surface area contributed by atoms with E-state index in [-0.39, 0.29) is 36.1 Å². The average Bonchev–Trinajstić information content (AvgIpc) is 3.32. The fourth-order valence-corrected chi connectivity index (χ4v) is 3.75. The van der Waals surface area contributed by atoms with Crippen LogP contribution in [0, 0.1) is 24.0 Å². The van der Waals surface area contributed by atoms with Crippen LogP contribution >= 0.6 is 11.3 Å². The molecule has 2 aromatic heterocycles. The summed E-state index contributed by atoms with van der Waals surface area (Å²) in [6, 6.07) is 7.47. The van der Waals surface area contributed by atoms with Crippen molar-refractivity contribution in [1.29, 1.82) is 0 Å². The van der Waals surface area contributed by atoms with E-state index in [4.69, 9.17) is 9.15 Å². The molecule has 0 N–H and O–H groups in total. The van der Waals surface area contributed by atoms with Gasteiger partial charge in [-0.25, -0.2) is 0 Å². The number of nitro groups is 1. The van der Waals surface area contributed by atoms with Crippen LogP contribution in [0.4, 0.5) is 5.69 Å². The fourth-order valence-electron chi connectivity index (χ4n) is 2.81. The SMILES string of the molecule is Cc1cc(C(=O)CCC(=O)OC(C)c2nnc(-c3ccc([N+](=O)[O-])cc3)o2)c(C)s1. The van der Waals surface area contributed by atoms with E-state index in [1.165, 1.54) is 24.3 Å². The number of carbonyl (C=O) groups excluding carboxylic acids is 2. The number of hydrogen-bond donors (Lipinski definition) is 0. The lowest BCUT2D eigenvalue weighted by Gasteiger charge is -2.09. The molecule has 1 unspecified atom stereocenters. The molecule has 3 rings (SSSR count). The Hall–Kier alpha value is -3.40. The number of carbonyl (C=O) groups is 2.